The van der Waals surface area contributed by atoms with Gasteiger partial charge in [0.1, 0.15) is 5.82 Å². The Morgan fingerprint density at radius 2 is 2.08 bits per heavy atom. The third kappa shape index (κ3) is 4.86. The summed E-state index contributed by atoms with van der Waals surface area (Å²) in [6, 6.07) is 7.83. The molecule has 0 aliphatic heterocycles. The highest BCUT2D eigenvalue weighted by molar-refractivity contribution is 14.1. The first-order chi connectivity index (χ1) is 12.3. The first-order valence-corrected chi connectivity index (χ1v) is 9.95. The van der Waals surface area contributed by atoms with Crippen LogP contribution in [-0.4, -0.2) is 17.3 Å². The van der Waals surface area contributed by atoms with Crippen molar-refractivity contribution in [1.29, 1.82) is 0 Å². The lowest BCUT2D eigenvalue weighted by atomic mass is 10.1. The average molecular weight is 556 g/mol. The zero-order chi connectivity index (χ0) is 18.8. The fraction of sp³-hybridized carbons (Fsp3) is 0.235. The van der Waals surface area contributed by atoms with Crippen LogP contribution in [0.15, 0.2) is 34.8 Å². The SMILES string of the molecule is O=C(NOC(O)C1CC1)c1cc(Br)c(F)cc1Nc1ccc(I)cc1Cl. The first-order valence-electron chi connectivity index (χ1n) is 7.70. The number of rotatable bonds is 6. The van der Waals surface area contributed by atoms with E-state index < -0.39 is 18.0 Å². The van der Waals surface area contributed by atoms with Crippen LogP contribution in [0.4, 0.5) is 15.8 Å². The second-order valence-corrected chi connectivity index (χ2v) is 8.35. The number of anilines is 2. The summed E-state index contributed by atoms with van der Waals surface area (Å²) >= 11 is 11.4. The zero-order valence-corrected chi connectivity index (χ0v) is 17.7. The van der Waals surface area contributed by atoms with E-state index in [4.69, 9.17) is 16.4 Å². The largest absolute Gasteiger partial charge is 0.366 e. The highest BCUT2D eigenvalue weighted by Crippen LogP contribution is 2.33. The summed E-state index contributed by atoms with van der Waals surface area (Å²) < 4.78 is 15.1. The Morgan fingerprint density at radius 1 is 1.35 bits per heavy atom. The fourth-order valence-electron chi connectivity index (χ4n) is 2.22. The quantitative estimate of drug-likeness (QED) is 0.267. The maximum atomic E-state index is 14.0. The van der Waals surface area contributed by atoms with Gasteiger partial charge in [-0.1, -0.05) is 11.6 Å². The van der Waals surface area contributed by atoms with E-state index in [2.05, 4.69) is 49.3 Å². The number of benzene rings is 2. The predicted octanol–water partition coefficient (Wildman–Crippen LogP) is 4.98. The van der Waals surface area contributed by atoms with Gasteiger partial charge in [-0.3, -0.25) is 4.79 Å². The van der Waals surface area contributed by atoms with E-state index in [0.717, 1.165) is 16.4 Å². The topological polar surface area (TPSA) is 70.6 Å². The lowest BCUT2D eigenvalue weighted by Gasteiger charge is -2.16. The number of hydrogen-bond acceptors (Lipinski definition) is 4. The van der Waals surface area contributed by atoms with Gasteiger partial charge in [0.25, 0.3) is 5.91 Å². The van der Waals surface area contributed by atoms with Gasteiger partial charge >= 0.3 is 0 Å². The molecule has 2 aromatic rings. The van der Waals surface area contributed by atoms with Gasteiger partial charge in [0, 0.05) is 9.49 Å². The number of aliphatic hydroxyl groups is 1. The summed E-state index contributed by atoms with van der Waals surface area (Å²) in [7, 11) is 0. The van der Waals surface area contributed by atoms with Crippen LogP contribution in [0.3, 0.4) is 0 Å². The Bertz CT molecular complexity index is 851. The van der Waals surface area contributed by atoms with E-state index in [9.17, 15) is 14.3 Å². The highest BCUT2D eigenvalue weighted by Gasteiger charge is 2.31. The van der Waals surface area contributed by atoms with Crippen molar-refractivity contribution >= 4 is 67.4 Å². The highest BCUT2D eigenvalue weighted by atomic mass is 127. The molecule has 0 aromatic heterocycles. The van der Waals surface area contributed by atoms with Crippen LogP contribution in [0.25, 0.3) is 0 Å². The molecule has 9 heteroatoms. The van der Waals surface area contributed by atoms with Crippen molar-refractivity contribution in [2.24, 2.45) is 5.92 Å². The van der Waals surface area contributed by atoms with Gasteiger partial charge in [-0.15, -0.1) is 0 Å². The first kappa shape index (κ1) is 19.8. The molecule has 5 nitrogen and oxygen atoms in total. The van der Waals surface area contributed by atoms with Crippen molar-refractivity contribution < 1.29 is 19.1 Å². The fourth-order valence-corrected chi connectivity index (χ4v) is 3.47. The Balaban J connectivity index is 1.83. The molecular formula is C17H14BrClFIN2O3. The maximum Gasteiger partial charge on any atom is 0.277 e. The number of hydrogen-bond donors (Lipinski definition) is 3. The van der Waals surface area contributed by atoms with Gasteiger partial charge < -0.3 is 10.4 Å². The summed E-state index contributed by atoms with van der Waals surface area (Å²) in [5, 5.41) is 13.1. The van der Waals surface area contributed by atoms with Gasteiger partial charge in [0.15, 0.2) is 6.29 Å². The molecule has 1 aliphatic rings. The molecule has 0 heterocycles. The molecule has 3 rings (SSSR count). The molecular weight excluding hydrogens is 541 g/mol. The van der Waals surface area contributed by atoms with E-state index in [1.54, 1.807) is 12.1 Å². The van der Waals surface area contributed by atoms with Gasteiger partial charge in [-0.2, -0.15) is 0 Å². The lowest BCUT2D eigenvalue weighted by molar-refractivity contribution is -0.145. The minimum Gasteiger partial charge on any atom is -0.366 e. The average Bonchev–Trinajstić information content (AvgIpc) is 3.43. The van der Waals surface area contributed by atoms with Crippen LogP contribution < -0.4 is 10.8 Å². The summed E-state index contributed by atoms with van der Waals surface area (Å²) in [6.07, 6.45) is 0.666. The van der Waals surface area contributed by atoms with Crippen molar-refractivity contribution in [3.05, 3.63) is 54.8 Å². The second kappa shape index (κ2) is 8.39. The van der Waals surface area contributed by atoms with E-state index in [1.807, 2.05) is 6.07 Å². The number of hydroxylamine groups is 1. The summed E-state index contributed by atoms with van der Waals surface area (Å²) in [4.78, 5) is 17.4. The minimum atomic E-state index is -1.05. The number of carbonyl (C=O) groups is 1. The van der Waals surface area contributed by atoms with E-state index >= 15 is 0 Å². The van der Waals surface area contributed by atoms with Crippen LogP contribution in [0.2, 0.25) is 5.02 Å². The minimum absolute atomic E-state index is 0.0402. The molecule has 138 valence electrons. The predicted molar refractivity (Wildman–Crippen MR) is 109 cm³/mol. The molecule has 0 bridgehead atoms. The second-order valence-electron chi connectivity index (χ2n) is 5.84. The zero-order valence-electron chi connectivity index (χ0n) is 13.2. The molecule has 1 aliphatic carbocycles. The monoisotopic (exact) mass is 554 g/mol. The molecule has 0 radical (unpaired) electrons. The van der Waals surface area contributed by atoms with Gasteiger partial charge in [0.2, 0.25) is 0 Å². The Morgan fingerprint density at radius 3 is 2.73 bits per heavy atom. The van der Waals surface area contributed by atoms with Crippen molar-refractivity contribution in [3.8, 4) is 0 Å². The molecule has 2 aromatic carbocycles. The third-order valence-corrected chi connectivity index (χ3v) is 5.39. The summed E-state index contributed by atoms with van der Waals surface area (Å²) in [6.45, 7) is 0. The van der Waals surface area contributed by atoms with Crippen LogP contribution in [-0.2, 0) is 4.84 Å². The smallest absolute Gasteiger partial charge is 0.277 e. The normalized spacial score (nSPS) is 14.8. The lowest BCUT2D eigenvalue weighted by Crippen LogP contribution is -2.31. The van der Waals surface area contributed by atoms with Crippen molar-refractivity contribution in [3.63, 3.8) is 0 Å². The summed E-state index contributed by atoms with van der Waals surface area (Å²) in [5.74, 6) is -1.11. The molecule has 3 N–H and O–H groups in total. The third-order valence-electron chi connectivity index (χ3n) is 3.80. The molecule has 1 atom stereocenters. The van der Waals surface area contributed by atoms with Gasteiger partial charge in [-0.05, 0) is 81.7 Å². The molecule has 0 spiro atoms. The molecule has 26 heavy (non-hydrogen) atoms. The standard InChI is InChI=1S/C17H14BrClFIN2O3/c18-11-6-10(16(24)23-26-17(25)8-1-2-8)15(7-13(11)20)22-14-4-3-9(21)5-12(14)19/h3-8,17,22,25H,1-2H2,(H,23,24). The Hall–Kier alpha value is -0.940. The number of carbonyl (C=O) groups excluding carboxylic acids is 1. The molecule has 1 fully saturated rings. The number of aliphatic hydroxyl groups excluding tert-OH is 1. The maximum absolute atomic E-state index is 14.0. The van der Waals surface area contributed by atoms with Crippen molar-refractivity contribution in [2.45, 2.75) is 19.1 Å². The number of amides is 1. The molecule has 0 saturated heterocycles. The van der Waals surface area contributed by atoms with E-state index in [-0.39, 0.29) is 21.6 Å². The molecule has 1 saturated carbocycles. The van der Waals surface area contributed by atoms with Crippen molar-refractivity contribution in [2.75, 3.05) is 5.32 Å². The van der Waals surface area contributed by atoms with Crippen LogP contribution >= 0.6 is 50.1 Å². The number of nitrogens with one attached hydrogen (secondary N) is 2. The van der Waals surface area contributed by atoms with E-state index in [0.29, 0.717) is 10.7 Å². The van der Waals surface area contributed by atoms with Crippen LogP contribution in [0.5, 0.6) is 0 Å². The Labute approximate surface area is 176 Å². The Kier molecular flexibility index (Phi) is 6.39. The molecule has 1 amide bonds. The van der Waals surface area contributed by atoms with Crippen molar-refractivity contribution in [1.82, 2.24) is 5.48 Å². The van der Waals surface area contributed by atoms with E-state index in [1.165, 1.54) is 12.1 Å². The van der Waals surface area contributed by atoms with Gasteiger partial charge in [-0.25, -0.2) is 14.7 Å². The van der Waals surface area contributed by atoms with Crippen LogP contribution in [0.1, 0.15) is 23.2 Å². The van der Waals surface area contributed by atoms with Gasteiger partial charge in [0.05, 0.1) is 26.4 Å². The summed E-state index contributed by atoms with van der Waals surface area (Å²) in [5.41, 5.74) is 3.09. The molecule has 1 unspecified atom stereocenters. The number of halogens is 4. The van der Waals surface area contributed by atoms with Crippen LogP contribution in [0, 0.1) is 15.3 Å².